The average Bonchev–Trinajstić information content (AvgIpc) is 2.99. The van der Waals surface area contributed by atoms with Gasteiger partial charge in [0.2, 0.25) is 0 Å². The van der Waals surface area contributed by atoms with Gasteiger partial charge in [0.25, 0.3) is 0 Å². The molecule has 2 aromatic rings. The minimum Gasteiger partial charge on any atom is -0.497 e. The molecule has 0 spiro atoms. The summed E-state index contributed by atoms with van der Waals surface area (Å²) in [6.45, 7) is 3.32. The third-order valence-electron chi connectivity index (χ3n) is 4.19. The zero-order valence-electron chi connectivity index (χ0n) is 12.0. The van der Waals surface area contributed by atoms with Crippen molar-refractivity contribution in [1.82, 2.24) is 9.88 Å². The van der Waals surface area contributed by atoms with Gasteiger partial charge in [-0.1, -0.05) is 0 Å². The van der Waals surface area contributed by atoms with Gasteiger partial charge in [0.1, 0.15) is 5.75 Å². The first kappa shape index (κ1) is 12.5. The highest BCUT2D eigenvalue weighted by atomic mass is 16.5. The maximum absolute atomic E-state index is 5.41. The molecule has 1 aromatic carbocycles. The minimum absolute atomic E-state index is 0.636. The quantitative estimate of drug-likeness (QED) is 0.916. The van der Waals surface area contributed by atoms with Crippen molar-refractivity contribution in [3.8, 4) is 5.75 Å². The Balaban J connectivity index is 2.05. The van der Waals surface area contributed by atoms with Crippen molar-refractivity contribution in [2.45, 2.75) is 32.2 Å². The van der Waals surface area contributed by atoms with E-state index < -0.39 is 0 Å². The van der Waals surface area contributed by atoms with E-state index in [-0.39, 0.29) is 0 Å². The second kappa shape index (κ2) is 4.89. The zero-order valence-corrected chi connectivity index (χ0v) is 12.0. The summed E-state index contributed by atoms with van der Waals surface area (Å²) in [6, 6.07) is 4.92. The van der Waals surface area contributed by atoms with Crippen LogP contribution in [0.2, 0.25) is 0 Å². The summed E-state index contributed by atoms with van der Waals surface area (Å²) >= 11 is 0. The second-order valence-corrected chi connectivity index (χ2v) is 5.60. The maximum Gasteiger partial charge on any atom is 0.119 e. The number of benzene rings is 1. The van der Waals surface area contributed by atoms with Crippen LogP contribution < -0.4 is 10.1 Å². The number of methoxy groups -OCH3 is 1. The number of ether oxygens (including phenoxy) is 1. The molecule has 1 aliphatic heterocycles. The molecule has 1 atom stereocenters. The van der Waals surface area contributed by atoms with E-state index in [1.807, 2.05) is 0 Å². The summed E-state index contributed by atoms with van der Waals surface area (Å²) in [7, 11) is 3.87. The topological polar surface area (TPSA) is 26.2 Å². The summed E-state index contributed by atoms with van der Waals surface area (Å²) in [4.78, 5) is 0. The molecule has 102 valence electrons. The fourth-order valence-electron chi connectivity index (χ4n) is 3.30. The number of aromatic nitrogens is 1. The fourth-order valence-corrected chi connectivity index (χ4v) is 3.30. The third-order valence-corrected chi connectivity index (χ3v) is 4.19. The summed E-state index contributed by atoms with van der Waals surface area (Å²) < 4.78 is 7.66. The van der Waals surface area contributed by atoms with Gasteiger partial charge in [-0.15, -0.1) is 0 Å². The largest absolute Gasteiger partial charge is 0.497 e. The number of nitrogens with zero attached hydrogens (tertiary/aromatic N) is 1. The van der Waals surface area contributed by atoms with Gasteiger partial charge >= 0.3 is 0 Å². The van der Waals surface area contributed by atoms with Gasteiger partial charge < -0.3 is 14.6 Å². The zero-order chi connectivity index (χ0) is 13.4. The highest BCUT2D eigenvalue weighted by Gasteiger charge is 2.18. The van der Waals surface area contributed by atoms with E-state index in [1.165, 1.54) is 34.9 Å². The van der Waals surface area contributed by atoms with E-state index in [0.29, 0.717) is 6.04 Å². The van der Waals surface area contributed by atoms with Crippen molar-refractivity contribution in [3.05, 3.63) is 29.5 Å². The molecule has 1 saturated heterocycles. The first-order valence-electron chi connectivity index (χ1n) is 7.05. The molecule has 0 aliphatic carbocycles. The number of fused-ring (bicyclic) bond motifs is 1. The lowest BCUT2D eigenvalue weighted by atomic mass is 10.0. The molecule has 1 N–H and O–H groups in total. The molecule has 0 saturated carbocycles. The Morgan fingerprint density at radius 3 is 2.95 bits per heavy atom. The van der Waals surface area contributed by atoms with Crippen molar-refractivity contribution in [2.24, 2.45) is 7.05 Å². The van der Waals surface area contributed by atoms with Gasteiger partial charge in [-0.05, 0) is 56.0 Å². The van der Waals surface area contributed by atoms with E-state index in [4.69, 9.17) is 4.74 Å². The van der Waals surface area contributed by atoms with Crippen LogP contribution in [0, 0.1) is 6.92 Å². The molecule has 19 heavy (non-hydrogen) atoms. The van der Waals surface area contributed by atoms with E-state index in [9.17, 15) is 0 Å². The molecule has 0 amide bonds. The van der Waals surface area contributed by atoms with E-state index >= 15 is 0 Å². The number of hydrogen-bond acceptors (Lipinski definition) is 2. The average molecular weight is 258 g/mol. The predicted octanol–water partition coefficient (Wildman–Crippen LogP) is 2.79. The Kier molecular flexibility index (Phi) is 3.23. The van der Waals surface area contributed by atoms with Crippen molar-refractivity contribution in [2.75, 3.05) is 13.7 Å². The Labute approximate surface area is 114 Å². The molecule has 0 radical (unpaired) electrons. The molecular weight excluding hydrogens is 236 g/mol. The first-order chi connectivity index (χ1) is 9.19. The van der Waals surface area contributed by atoms with Crippen LogP contribution in [0.5, 0.6) is 5.75 Å². The molecule has 1 unspecified atom stereocenters. The number of nitrogens with one attached hydrogen (secondary N) is 1. The van der Waals surface area contributed by atoms with Gasteiger partial charge in [-0.2, -0.15) is 0 Å². The van der Waals surface area contributed by atoms with Crippen LogP contribution in [0.15, 0.2) is 18.3 Å². The van der Waals surface area contributed by atoms with Crippen LogP contribution in [-0.4, -0.2) is 24.3 Å². The molecule has 3 nitrogen and oxygen atoms in total. The molecule has 3 heteroatoms. The Morgan fingerprint density at radius 1 is 1.42 bits per heavy atom. The van der Waals surface area contributed by atoms with Gasteiger partial charge in [0.05, 0.1) is 12.6 Å². The standard InChI is InChI=1S/C16H22N2O/c1-11-7-14(19-3)9-15-12(10-18(2)16(11)15)8-13-5-4-6-17-13/h7,9-10,13,17H,4-6,8H2,1-3H3. The van der Waals surface area contributed by atoms with Crippen LogP contribution in [0.25, 0.3) is 10.9 Å². The second-order valence-electron chi connectivity index (χ2n) is 5.60. The van der Waals surface area contributed by atoms with Crippen molar-refractivity contribution in [3.63, 3.8) is 0 Å². The van der Waals surface area contributed by atoms with Crippen molar-refractivity contribution < 1.29 is 4.74 Å². The normalized spacial score (nSPS) is 19.2. The molecule has 1 fully saturated rings. The molecule has 2 heterocycles. The summed E-state index contributed by atoms with van der Waals surface area (Å²) in [6.07, 6.45) is 5.98. The molecule has 1 aromatic heterocycles. The number of aryl methyl sites for hydroxylation is 2. The van der Waals surface area contributed by atoms with Crippen LogP contribution in [0.3, 0.4) is 0 Å². The van der Waals surface area contributed by atoms with Gasteiger partial charge in [-0.3, -0.25) is 0 Å². The SMILES string of the molecule is COc1cc(C)c2c(c1)c(CC1CCCN1)cn2C. The summed E-state index contributed by atoms with van der Waals surface area (Å²) in [5.74, 6) is 0.955. The lowest BCUT2D eigenvalue weighted by Gasteiger charge is -2.09. The highest BCUT2D eigenvalue weighted by Crippen LogP contribution is 2.30. The Morgan fingerprint density at radius 2 is 2.26 bits per heavy atom. The lowest BCUT2D eigenvalue weighted by molar-refractivity contribution is 0.415. The third kappa shape index (κ3) is 2.23. The number of rotatable bonds is 3. The van der Waals surface area contributed by atoms with Gasteiger partial charge in [-0.25, -0.2) is 0 Å². The Hall–Kier alpha value is -1.48. The van der Waals surface area contributed by atoms with Gasteiger partial charge in [0.15, 0.2) is 0 Å². The Bertz CT molecular complexity index is 594. The first-order valence-corrected chi connectivity index (χ1v) is 7.05. The predicted molar refractivity (Wildman–Crippen MR) is 78.9 cm³/mol. The smallest absolute Gasteiger partial charge is 0.119 e. The van der Waals surface area contributed by atoms with Crippen LogP contribution in [-0.2, 0) is 13.5 Å². The lowest BCUT2D eigenvalue weighted by Crippen LogP contribution is -2.23. The van der Waals surface area contributed by atoms with Crippen molar-refractivity contribution >= 4 is 10.9 Å². The maximum atomic E-state index is 5.41. The minimum atomic E-state index is 0.636. The van der Waals surface area contributed by atoms with Crippen LogP contribution >= 0.6 is 0 Å². The molecule has 1 aliphatic rings. The van der Waals surface area contributed by atoms with E-state index in [1.54, 1.807) is 7.11 Å². The van der Waals surface area contributed by atoms with E-state index in [2.05, 4.69) is 42.2 Å². The monoisotopic (exact) mass is 258 g/mol. The molecule has 3 rings (SSSR count). The molecule has 0 bridgehead atoms. The fraction of sp³-hybridized carbons (Fsp3) is 0.500. The summed E-state index contributed by atoms with van der Waals surface area (Å²) in [5.41, 5.74) is 4.04. The van der Waals surface area contributed by atoms with Crippen molar-refractivity contribution in [1.29, 1.82) is 0 Å². The van der Waals surface area contributed by atoms with Gasteiger partial charge in [0, 0.05) is 24.7 Å². The highest BCUT2D eigenvalue weighted by molar-refractivity contribution is 5.88. The van der Waals surface area contributed by atoms with E-state index in [0.717, 1.165) is 18.7 Å². The van der Waals surface area contributed by atoms with Crippen LogP contribution in [0.4, 0.5) is 0 Å². The van der Waals surface area contributed by atoms with Crippen LogP contribution in [0.1, 0.15) is 24.0 Å². The summed E-state index contributed by atoms with van der Waals surface area (Å²) in [5, 5.41) is 4.92. The molecular formula is C16H22N2O. The number of hydrogen-bond donors (Lipinski definition) is 1.